The Kier molecular flexibility index (Phi) is 3.48. The number of nitrogens with one attached hydrogen (secondary N) is 1. The molecule has 1 heterocycles. The molecule has 98 valence electrons. The molecular weight excluding hydrogens is 272 g/mol. The molecule has 8 heteroatoms. The summed E-state index contributed by atoms with van der Waals surface area (Å²) in [5, 5.41) is 17.5. The van der Waals surface area contributed by atoms with Gasteiger partial charge >= 0.3 is 0 Å². The van der Waals surface area contributed by atoms with Gasteiger partial charge in [0.15, 0.2) is 5.82 Å². The van der Waals surface area contributed by atoms with E-state index in [2.05, 4.69) is 10.4 Å². The number of nitro benzene ring substituents is 1. The van der Waals surface area contributed by atoms with Crippen LogP contribution in [0.2, 0.25) is 5.02 Å². The van der Waals surface area contributed by atoms with Crippen molar-refractivity contribution >= 4 is 29.0 Å². The first-order valence-electron chi connectivity index (χ1n) is 5.22. The Labute approximate surface area is 112 Å². The van der Waals surface area contributed by atoms with E-state index in [1.165, 1.54) is 22.9 Å². The summed E-state index contributed by atoms with van der Waals surface area (Å²) in [5.41, 5.74) is -0.416. The van der Waals surface area contributed by atoms with E-state index < -0.39 is 10.8 Å². The number of hydrogen-bond donors (Lipinski definition) is 1. The van der Waals surface area contributed by atoms with Crippen LogP contribution < -0.4 is 5.32 Å². The fraction of sp³-hybridized carbons (Fsp3) is 0.0909. The fourth-order valence-electron chi connectivity index (χ4n) is 1.51. The monoisotopic (exact) mass is 280 g/mol. The maximum Gasteiger partial charge on any atom is 0.282 e. The lowest BCUT2D eigenvalue weighted by atomic mass is 10.1. The van der Waals surface area contributed by atoms with Crippen molar-refractivity contribution < 1.29 is 9.72 Å². The van der Waals surface area contributed by atoms with Gasteiger partial charge in [-0.15, -0.1) is 0 Å². The summed E-state index contributed by atoms with van der Waals surface area (Å²) in [7, 11) is 1.69. The van der Waals surface area contributed by atoms with Crippen LogP contribution in [0.4, 0.5) is 11.5 Å². The van der Waals surface area contributed by atoms with Crippen LogP contribution in [0, 0.1) is 10.1 Å². The Hall–Kier alpha value is -2.41. The Bertz CT molecular complexity index is 653. The second kappa shape index (κ2) is 5.07. The van der Waals surface area contributed by atoms with Crippen LogP contribution in [-0.2, 0) is 7.05 Å². The highest BCUT2D eigenvalue weighted by molar-refractivity contribution is 6.31. The van der Waals surface area contributed by atoms with Gasteiger partial charge < -0.3 is 5.32 Å². The maximum absolute atomic E-state index is 12.0. The van der Waals surface area contributed by atoms with Gasteiger partial charge in [0, 0.05) is 30.4 Å². The molecule has 0 atom stereocenters. The standard InChI is InChI=1S/C11H9ClN4O3/c1-15-5-4-10(14-15)13-11(17)8-6-7(12)2-3-9(8)16(18)19/h2-6H,1H3,(H,13,14,17). The van der Waals surface area contributed by atoms with E-state index in [0.29, 0.717) is 5.82 Å². The third-order valence-corrected chi connectivity index (χ3v) is 2.59. The predicted octanol–water partition coefficient (Wildman–Crippen LogP) is 2.23. The molecule has 0 radical (unpaired) electrons. The number of rotatable bonds is 3. The van der Waals surface area contributed by atoms with Gasteiger partial charge in [-0.1, -0.05) is 11.6 Å². The Morgan fingerprint density at radius 1 is 1.47 bits per heavy atom. The van der Waals surface area contributed by atoms with Crippen LogP contribution >= 0.6 is 11.6 Å². The molecule has 2 aromatic rings. The van der Waals surface area contributed by atoms with E-state index in [4.69, 9.17) is 11.6 Å². The first kappa shape index (κ1) is 13.0. The molecular formula is C11H9ClN4O3. The number of amides is 1. The zero-order valence-electron chi connectivity index (χ0n) is 9.83. The highest BCUT2D eigenvalue weighted by atomic mass is 35.5. The normalized spacial score (nSPS) is 10.2. The first-order chi connectivity index (χ1) is 8.97. The lowest BCUT2D eigenvalue weighted by molar-refractivity contribution is -0.385. The zero-order chi connectivity index (χ0) is 14.0. The Balaban J connectivity index is 2.32. The van der Waals surface area contributed by atoms with E-state index in [-0.39, 0.29) is 16.3 Å². The largest absolute Gasteiger partial charge is 0.305 e. The molecule has 0 fully saturated rings. The molecule has 0 aliphatic carbocycles. The molecule has 0 saturated carbocycles. The van der Waals surface area contributed by atoms with Gasteiger partial charge in [0.1, 0.15) is 5.56 Å². The number of anilines is 1. The summed E-state index contributed by atoms with van der Waals surface area (Å²) >= 11 is 5.75. The second-order valence-corrected chi connectivity index (χ2v) is 4.18. The van der Waals surface area contributed by atoms with Crippen molar-refractivity contribution in [2.75, 3.05) is 5.32 Å². The van der Waals surface area contributed by atoms with Crippen LogP contribution in [0.1, 0.15) is 10.4 Å². The van der Waals surface area contributed by atoms with Crippen LogP contribution in [0.25, 0.3) is 0 Å². The zero-order valence-corrected chi connectivity index (χ0v) is 10.6. The minimum Gasteiger partial charge on any atom is -0.305 e. The van der Waals surface area contributed by atoms with Gasteiger partial charge in [0.25, 0.3) is 11.6 Å². The lowest BCUT2D eigenvalue weighted by Gasteiger charge is -2.03. The van der Waals surface area contributed by atoms with Crippen LogP contribution in [-0.4, -0.2) is 20.6 Å². The van der Waals surface area contributed by atoms with E-state index in [9.17, 15) is 14.9 Å². The molecule has 7 nitrogen and oxygen atoms in total. The summed E-state index contributed by atoms with van der Waals surface area (Å²) in [6.45, 7) is 0. The van der Waals surface area contributed by atoms with E-state index in [0.717, 1.165) is 0 Å². The second-order valence-electron chi connectivity index (χ2n) is 3.75. The molecule has 0 spiro atoms. The third kappa shape index (κ3) is 2.89. The number of aryl methyl sites for hydroxylation is 1. The van der Waals surface area contributed by atoms with Gasteiger partial charge in [0.05, 0.1) is 4.92 Å². The summed E-state index contributed by atoms with van der Waals surface area (Å²) in [6.07, 6.45) is 1.64. The highest BCUT2D eigenvalue weighted by Crippen LogP contribution is 2.23. The molecule has 2 rings (SSSR count). The van der Waals surface area contributed by atoms with Crippen molar-refractivity contribution in [1.82, 2.24) is 9.78 Å². The quantitative estimate of drug-likeness (QED) is 0.689. The maximum atomic E-state index is 12.0. The number of nitrogens with zero attached hydrogens (tertiary/aromatic N) is 3. The molecule has 0 unspecified atom stereocenters. The number of nitro groups is 1. The minimum absolute atomic E-state index is 0.108. The van der Waals surface area contributed by atoms with Crippen molar-refractivity contribution in [2.45, 2.75) is 0 Å². The molecule has 1 amide bonds. The van der Waals surface area contributed by atoms with Gasteiger partial charge in [-0.05, 0) is 12.1 Å². The highest BCUT2D eigenvalue weighted by Gasteiger charge is 2.21. The van der Waals surface area contributed by atoms with E-state index >= 15 is 0 Å². The van der Waals surface area contributed by atoms with Gasteiger partial charge in [-0.25, -0.2) is 0 Å². The number of benzene rings is 1. The van der Waals surface area contributed by atoms with Crippen LogP contribution in [0.15, 0.2) is 30.5 Å². The number of hydrogen-bond acceptors (Lipinski definition) is 4. The first-order valence-corrected chi connectivity index (χ1v) is 5.60. The summed E-state index contributed by atoms with van der Waals surface area (Å²) < 4.78 is 1.50. The average molecular weight is 281 g/mol. The molecule has 1 N–H and O–H groups in total. The molecule has 0 saturated heterocycles. The molecule has 0 aliphatic rings. The predicted molar refractivity (Wildman–Crippen MR) is 69.3 cm³/mol. The van der Waals surface area contributed by atoms with Crippen molar-refractivity contribution in [3.05, 3.63) is 51.2 Å². The molecule has 19 heavy (non-hydrogen) atoms. The number of carbonyl (C=O) groups excluding carboxylic acids is 1. The summed E-state index contributed by atoms with van der Waals surface area (Å²) in [4.78, 5) is 22.2. The number of aromatic nitrogens is 2. The number of carbonyl (C=O) groups is 1. The van der Waals surface area contributed by atoms with Crippen molar-refractivity contribution in [3.8, 4) is 0 Å². The smallest absolute Gasteiger partial charge is 0.282 e. The summed E-state index contributed by atoms with van der Waals surface area (Å²) in [6, 6.07) is 5.37. The molecule has 0 bridgehead atoms. The Morgan fingerprint density at radius 2 is 2.21 bits per heavy atom. The van der Waals surface area contributed by atoms with Crippen LogP contribution in [0.5, 0.6) is 0 Å². The van der Waals surface area contributed by atoms with Crippen LogP contribution in [0.3, 0.4) is 0 Å². The lowest BCUT2D eigenvalue weighted by Crippen LogP contribution is -2.14. The van der Waals surface area contributed by atoms with Gasteiger partial charge in [-0.3, -0.25) is 19.6 Å². The average Bonchev–Trinajstić information content (AvgIpc) is 2.74. The topological polar surface area (TPSA) is 90.1 Å². The van der Waals surface area contributed by atoms with Gasteiger partial charge in [0.2, 0.25) is 0 Å². The Morgan fingerprint density at radius 3 is 2.79 bits per heavy atom. The summed E-state index contributed by atoms with van der Waals surface area (Å²) in [5.74, 6) is -0.324. The van der Waals surface area contributed by atoms with E-state index in [1.807, 2.05) is 0 Å². The fourth-order valence-corrected chi connectivity index (χ4v) is 1.69. The number of halogens is 1. The van der Waals surface area contributed by atoms with Crippen molar-refractivity contribution in [3.63, 3.8) is 0 Å². The van der Waals surface area contributed by atoms with Gasteiger partial charge in [-0.2, -0.15) is 5.10 Å². The molecule has 1 aromatic heterocycles. The third-order valence-electron chi connectivity index (χ3n) is 2.36. The van der Waals surface area contributed by atoms with Crippen molar-refractivity contribution in [2.24, 2.45) is 7.05 Å². The molecule has 1 aromatic carbocycles. The SMILES string of the molecule is Cn1ccc(NC(=O)c2cc(Cl)ccc2[N+](=O)[O-])n1. The molecule has 0 aliphatic heterocycles. The van der Waals surface area contributed by atoms with E-state index in [1.54, 1.807) is 19.3 Å². The minimum atomic E-state index is -0.635. The van der Waals surface area contributed by atoms with Crippen molar-refractivity contribution in [1.29, 1.82) is 0 Å².